The highest BCUT2D eigenvalue weighted by Gasteiger charge is 2.18. The Morgan fingerprint density at radius 2 is 2.06 bits per heavy atom. The van der Waals surface area contributed by atoms with E-state index >= 15 is 0 Å². The van der Waals surface area contributed by atoms with Crippen molar-refractivity contribution in [1.29, 1.82) is 0 Å². The van der Waals surface area contributed by atoms with Crippen molar-refractivity contribution >= 4 is 39.9 Å². The third kappa shape index (κ3) is 4.61. The van der Waals surface area contributed by atoms with Crippen molar-refractivity contribution in [3.05, 3.63) is 28.5 Å². The molecule has 1 aromatic carbocycles. The topological polar surface area (TPSA) is 55.1 Å². The molecule has 0 unspecified atom stereocenters. The molecule has 0 aromatic heterocycles. The molecule has 1 amide bonds. The molecule has 6 heteroatoms. The Balaban J connectivity index is 0.00000256. The van der Waals surface area contributed by atoms with Gasteiger partial charge in [-0.1, -0.05) is 29.8 Å². The maximum atomic E-state index is 13.4. The second kappa shape index (κ2) is 6.93. The number of rotatable bonds is 3. The van der Waals surface area contributed by atoms with Crippen LogP contribution in [0.1, 0.15) is 13.8 Å². The van der Waals surface area contributed by atoms with Gasteiger partial charge < -0.3 is 11.1 Å². The molecule has 0 saturated heterocycles. The molecule has 1 rings (SSSR count). The lowest BCUT2D eigenvalue weighted by molar-refractivity contribution is -0.118. The van der Waals surface area contributed by atoms with Crippen LogP contribution < -0.4 is 11.1 Å². The van der Waals surface area contributed by atoms with E-state index in [0.717, 1.165) is 0 Å². The van der Waals surface area contributed by atoms with E-state index in [1.807, 2.05) is 13.8 Å². The van der Waals surface area contributed by atoms with E-state index in [2.05, 4.69) is 21.2 Å². The average Bonchev–Trinajstić information content (AvgIpc) is 2.20. The summed E-state index contributed by atoms with van der Waals surface area (Å²) < 4.78 is 14.0. The minimum absolute atomic E-state index is 0. The van der Waals surface area contributed by atoms with E-state index in [-0.39, 0.29) is 29.9 Å². The van der Waals surface area contributed by atoms with Crippen LogP contribution in [0.5, 0.6) is 0 Å². The Hall–Kier alpha value is -0.650. The Labute approximate surface area is 114 Å². The van der Waals surface area contributed by atoms with Gasteiger partial charge in [-0.3, -0.25) is 4.79 Å². The fraction of sp³-hybridized carbons (Fsp3) is 0.364. The van der Waals surface area contributed by atoms with Gasteiger partial charge >= 0.3 is 0 Å². The first-order valence-corrected chi connectivity index (χ1v) is 5.72. The smallest absolute Gasteiger partial charge is 0.241 e. The van der Waals surface area contributed by atoms with Gasteiger partial charge in [-0.25, -0.2) is 4.39 Å². The number of hydrogen-bond donors (Lipinski definition) is 2. The van der Waals surface area contributed by atoms with Crippen LogP contribution in [0.3, 0.4) is 0 Å². The normalized spacial score (nSPS) is 11.9. The van der Waals surface area contributed by atoms with Gasteiger partial charge in [0.2, 0.25) is 5.91 Å². The Kier molecular flexibility index (Phi) is 6.67. The lowest BCUT2D eigenvalue weighted by atomic mass is 10.0. The summed E-state index contributed by atoms with van der Waals surface area (Å²) in [4.78, 5) is 11.6. The molecule has 96 valence electrons. The maximum Gasteiger partial charge on any atom is 0.241 e. The van der Waals surface area contributed by atoms with Gasteiger partial charge in [0.1, 0.15) is 5.82 Å². The van der Waals surface area contributed by atoms with E-state index in [4.69, 9.17) is 5.73 Å². The molecule has 1 aromatic rings. The predicted molar refractivity (Wildman–Crippen MR) is 72.8 cm³/mol. The molecular formula is C11H15BrClFN2O. The fourth-order valence-corrected chi connectivity index (χ4v) is 1.44. The van der Waals surface area contributed by atoms with Crippen LogP contribution in [-0.4, -0.2) is 11.9 Å². The lowest BCUT2D eigenvalue weighted by Gasteiger charge is -2.15. The standard InChI is InChI=1S/C11H14BrFN2O.ClH/c1-6(2)10(14)11(16)15-9-4-3-7(12)5-8(9)13;/h3-6,10H,14H2,1-2H3,(H,15,16);1H/t10-;/m1./s1. The number of hydrogen-bond acceptors (Lipinski definition) is 2. The zero-order valence-electron chi connectivity index (χ0n) is 9.54. The van der Waals surface area contributed by atoms with Crippen LogP contribution in [0.15, 0.2) is 22.7 Å². The highest BCUT2D eigenvalue weighted by atomic mass is 79.9. The van der Waals surface area contributed by atoms with Gasteiger partial charge in [-0.2, -0.15) is 0 Å². The zero-order chi connectivity index (χ0) is 12.3. The lowest BCUT2D eigenvalue weighted by Crippen LogP contribution is -2.39. The van der Waals surface area contributed by atoms with Crippen molar-refractivity contribution in [2.45, 2.75) is 19.9 Å². The van der Waals surface area contributed by atoms with Crippen LogP contribution in [-0.2, 0) is 4.79 Å². The van der Waals surface area contributed by atoms with E-state index in [1.54, 1.807) is 6.07 Å². The second-order valence-electron chi connectivity index (χ2n) is 3.88. The highest BCUT2D eigenvalue weighted by Crippen LogP contribution is 2.19. The molecule has 1 atom stereocenters. The summed E-state index contributed by atoms with van der Waals surface area (Å²) in [7, 11) is 0. The molecule has 0 aliphatic rings. The largest absolute Gasteiger partial charge is 0.322 e. The molecule has 3 nitrogen and oxygen atoms in total. The Morgan fingerprint density at radius 3 is 2.53 bits per heavy atom. The summed E-state index contributed by atoms with van der Waals surface area (Å²) in [5.41, 5.74) is 5.79. The minimum atomic E-state index is -0.636. The molecule has 0 spiro atoms. The quantitative estimate of drug-likeness (QED) is 0.898. The minimum Gasteiger partial charge on any atom is -0.322 e. The van der Waals surface area contributed by atoms with Crippen molar-refractivity contribution in [1.82, 2.24) is 0 Å². The number of amides is 1. The molecule has 0 heterocycles. The first-order valence-electron chi connectivity index (χ1n) is 4.93. The van der Waals surface area contributed by atoms with Gasteiger partial charge in [0.05, 0.1) is 11.7 Å². The van der Waals surface area contributed by atoms with E-state index in [9.17, 15) is 9.18 Å². The second-order valence-corrected chi connectivity index (χ2v) is 4.80. The number of anilines is 1. The molecule has 17 heavy (non-hydrogen) atoms. The van der Waals surface area contributed by atoms with Crippen LogP contribution >= 0.6 is 28.3 Å². The summed E-state index contributed by atoms with van der Waals surface area (Å²) in [6.07, 6.45) is 0. The van der Waals surface area contributed by atoms with Crippen molar-refractivity contribution in [3.8, 4) is 0 Å². The summed E-state index contributed by atoms with van der Waals surface area (Å²) in [5, 5.41) is 2.46. The number of carbonyl (C=O) groups excluding carboxylic acids is 1. The first-order chi connectivity index (χ1) is 7.41. The van der Waals surface area contributed by atoms with E-state index < -0.39 is 11.9 Å². The van der Waals surface area contributed by atoms with Crippen molar-refractivity contribution in [3.63, 3.8) is 0 Å². The van der Waals surface area contributed by atoms with Crippen molar-refractivity contribution in [2.24, 2.45) is 11.7 Å². The van der Waals surface area contributed by atoms with Gasteiger partial charge in [-0.15, -0.1) is 12.4 Å². The highest BCUT2D eigenvalue weighted by molar-refractivity contribution is 9.10. The zero-order valence-corrected chi connectivity index (χ0v) is 11.9. The molecule has 0 aliphatic carbocycles. The van der Waals surface area contributed by atoms with Crippen LogP contribution in [0, 0.1) is 11.7 Å². The molecule has 0 aliphatic heterocycles. The number of benzene rings is 1. The number of carbonyl (C=O) groups is 1. The Morgan fingerprint density at radius 1 is 1.47 bits per heavy atom. The molecule has 0 fully saturated rings. The SMILES string of the molecule is CC(C)[C@@H](N)C(=O)Nc1ccc(Br)cc1F.Cl. The first kappa shape index (κ1) is 16.4. The van der Waals surface area contributed by atoms with E-state index in [0.29, 0.717) is 4.47 Å². The summed E-state index contributed by atoms with van der Waals surface area (Å²) >= 11 is 3.14. The van der Waals surface area contributed by atoms with Crippen LogP contribution in [0.4, 0.5) is 10.1 Å². The predicted octanol–water partition coefficient (Wildman–Crippen LogP) is 2.93. The maximum absolute atomic E-state index is 13.4. The van der Waals surface area contributed by atoms with E-state index in [1.165, 1.54) is 12.1 Å². The van der Waals surface area contributed by atoms with Crippen molar-refractivity contribution in [2.75, 3.05) is 5.32 Å². The monoisotopic (exact) mass is 324 g/mol. The molecule has 3 N–H and O–H groups in total. The van der Waals surface area contributed by atoms with Gasteiger partial charge in [-0.05, 0) is 24.1 Å². The molecular weight excluding hydrogens is 310 g/mol. The number of nitrogens with two attached hydrogens (primary N) is 1. The number of halogens is 3. The van der Waals surface area contributed by atoms with Gasteiger partial charge in [0, 0.05) is 4.47 Å². The molecule has 0 saturated carbocycles. The van der Waals surface area contributed by atoms with Gasteiger partial charge in [0.15, 0.2) is 0 Å². The summed E-state index contributed by atoms with van der Waals surface area (Å²) in [5.74, 6) is -0.853. The fourth-order valence-electron chi connectivity index (χ4n) is 1.11. The number of nitrogens with one attached hydrogen (secondary N) is 1. The molecule has 0 bridgehead atoms. The van der Waals surface area contributed by atoms with Crippen molar-refractivity contribution < 1.29 is 9.18 Å². The van der Waals surface area contributed by atoms with Crippen LogP contribution in [0.25, 0.3) is 0 Å². The third-order valence-corrected chi connectivity index (χ3v) is 2.70. The molecule has 0 radical (unpaired) electrons. The third-order valence-electron chi connectivity index (χ3n) is 2.21. The van der Waals surface area contributed by atoms with Gasteiger partial charge in [0.25, 0.3) is 0 Å². The summed E-state index contributed by atoms with van der Waals surface area (Å²) in [6.45, 7) is 3.67. The Bertz CT molecular complexity index is 401. The van der Waals surface area contributed by atoms with Crippen LogP contribution in [0.2, 0.25) is 0 Å². The average molecular weight is 326 g/mol. The summed E-state index contributed by atoms with van der Waals surface area (Å²) in [6, 6.07) is 3.79.